The van der Waals surface area contributed by atoms with Crippen LogP contribution in [0.25, 0.3) is 0 Å². The van der Waals surface area contributed by atoms with Gasteiger partial charge in [0.05, 0.1) is 13.7 Å². The van der Waals surface area contributed by atoms with Crippen LogP contribution in [0.1, 0.15) is 17.9 Å². The van der Waals surface area contributed by atoms with E-state index in [0.29, 0.717) is 12.5 Å². The molecule has 1 atom stereocenters. The molecule has 0 saturated carbocycles. The van der Waals surface area contributed by atoms with E-state index < -0.39 is 0 Å². The summed E-state index contributed by atoms with van der Waals surface area (Å²) in [5, 5.41) is 2.66. The molecule has 1 aromatic carbocycles. The summed E-state index contributed by atoms with van der Waals surface area (Å²) in [6.45, 7) is 2.38. The van der Waals surface area contributed by atoms with Crippen LogP contribution in [0, 0.1) is 0 Å². The first-order chi connectivity index (χ1) is 8.74. The average Bonchev–Trinajstić information content (AvgIpc) is 2.86. The molecule has 1 aliphatic rings. The van der Waals surface area contributed by atoms with E-state index in [0.717, 1.165) is 25.3 Å². The molecule has 0 bridgehead atoms. The third-order valence-corrected chi connectivity index (χ3v) is 3.50. The lowest BCUT2D eigenvalue weighted by Gasteiger charge is -2.16. The van der Waals surface area contributed by atoms with E-state index in [-0.39, 0.29) is 5.91 Å². The first-order valence-corrected chi connectivity index (χ1v) is 6.30. The summed E-state index contributed by atoms with van der Waals surface area (Å²) in [6.07, 6.45) is 1.08. The van der Waals surface area contributed by atoms with Crippen molar-refractivity contribution in [2.45, 2.75) is 12.3 Å². The van der Waals surface area contributed by atoms with Crippen molar-refractivity contribution in [3.05, 3.63) is 29.8 Å². The number of hydrogen-bond acceptors (Lipinski definition) is 3. The molecular weight excluding hydrogens is 228 g/mol. The Kier molecular flexibility index (Phi) is 4.20. The molecule has 0 aromatic heterocycles. The van der Waals surface area contributed by atoms with Gasteiger partial charge in [0.2, 0.25) is 5.91 Å². The quantitative estimate of drug-likeness (QED) is 0.871. The summed E-state index contributed by atoms with van der Waals surface area (Å²) >= 11 is 0. The standard InChI is InChI=1S/C14H20N2O2/c1-15-14(17)10-16-8-7-11(9-16)12-5-3-4-6-13(12)18-2/h3-6,11H,7-10H2,1-2H3,(H,15,17). The molecule has 0 aliphatic carbocycles. The van der Waals surface area contributed by atoms with Gasteiger partial charge in [0.1, 0.15) is 5.75 Å². The lowest BCUT2D eigenvalue weighted by Crippen LogP contribution is -2.34. The van der Waals surface area contributed by atoms with Gasteiger partial charge in [0.15, 0.2) is 0 Å². The van der Waals surface area contributed by atoms with Crippen LogP contribution in [0.4, 0.5) is 0 Å². The van der Waals surface area contributed by atoms with Gasteiger partial charge in [-0.05, 0) is 24.6 Å². The van der Waals surface area contributed by atoms with Crippen molar-refractivity contribution < 1.29 is 9.53 Å². The molecule has 1 amide bonds. The number of carbonyl (C=O) groups is 1. The first kappa shape index (κ1) is 12.9. The maximum absolute atomic E-state index is 11.4. The van der Waals surface area contributed by atoms with Gasteiger partial charge in [-0.3, -0.25) is 9.69 Å². The van der Waals surface area contributed by atoms with Gasteiger partial charge in [-0.2, -0.15) is 0 Å². The molecule has 1 saturated heterocycles. The van der Waals surface area contributed by atoms with Crippen molar-refractivity contribution >= 4 is 5.91 Å². The zero-order valence-corrected chi connectivity index (χ0v) is 11.0. The first-order valence-electron chi connectivity index (χ1n) is 6.30. The van der Waals surface area contributed by atoms with Crippen LogP contribution in [0.15, 0.2) is 24.3 Å². The molecule has 1 N–H and O–H groups in total. The van der Waals surface area contributed by atoms with E-state index >= 15 is 0 Å². The summed E-state index contributed by atoms with van der Waals surface area (Å²) in [4.78, 5) is 13.5. The fourth-order valence-corrected chi connectivity index (χ4v) is 2.52. The molecule has 98 valence electrons. The van der Waals surface area contributed by atoms with Crippen LogP contribution >= 0.6 is 0 Å². The number of nitrogens with zero attached hydrogens (tertiary/aromatic N) is 1. The molecule has 1 fully saturated rings. The Hall–Kier alpha value is -1.55. The Morgan fingerprint density at radius 2 is 2.28 bits per heavy atom. The minimum Gasteiger partial charge on any atom is -0.496 e. The Morgan fingerprint density at radius 3 is 3.00 bits per heavy atom. The van der Waals surface area contributed by atoms with E-state index in [9.17, 15) is 4.79 Å². The molecule has 18 heavy (non-hydrogen) atoms. The fraction of sp³-hybridized carbons (Fsp3) is 0.500. The maximum Gasteiger partial charge on any atom is 0.233 e. The van der Waals surface area contributed by atoms with E-state index in [1.54, 1.807) is 14.2 Å². The van der Waals surface area contributed by atoms with Gasteiger partial charge in [-0.25, -0.2) is 0 Å². The molecular formula is C14H20N2O2. The number of rotatable bonds is 4. The van der Waals surface area contributed by atoms with Crippen LogP contribution in [0.3, 0.4) is 0 Å². The SMILES string of the molecule is CNC(=O)CN1CCC(c2ccccc2OC)C1. The van der Waals surface area contributed by atoms with Crippen LogP contribution in [0.2, 0.25) is 0 Å². The number of amides is 1. The largest absolute Gasteiger partial charge is 0.496 e. The van der Waals surface area contributed by atoms with Gasteiger partial charge in [-0.15, -0.1) is 0 Å². The number of methoxy groups -OCH3 is 1. The lowest BCUT2D eigenvalue weighted by molar-refractivity contribution is -0.121. The highest BCUT2D eigenvalue weighted by Crippen LogP contribution is 2.32. The highest BCUT2D eigenvalue weighted by molar-refractivity contribution is 5.77. The van der Waals surface area contributed by atoms with Crippen molar-refractivity contribution in [2.24, 2.45) is 0 Å². The number of nitrogens with one attached hydrogen (secondary N) is 1. The maximum atomic E-state index is 11.4. The van der Waals surface area contributed by atoms with E-state index in [1.807, 2.05) is 18.2 Å². The summed E-state index contributed by atoms with van der Waals surface area (Å²) in [6, 6.07) is 8.14. The molecule has 1 unspecified atom stereocenters. The molecule has 2 rings (SSSR count). The number of carbonyl (C=O) groups excluding carboxylic acids is 1. The second-order valence-electron chi connectivity index (χ2n) is 4.64. The minimum absolute atomic E-state index is 0.0793. The van der Waals surface area contributed by atoms with Crippen molar-refractivity contribution in [2.75, 3.05) is 33.8 Å². The third-order valence-electron chi connectivity index (χ3n) is 3.50. The van der Waals surface area contributed by atoms with Gasteiger partial charge >= 0.3 is 0 Å². The Morgan fingerprint density at radius 1 is 1.50 bits per heavy atom. The second-order valence-corrected chi connectivity index (χ2v) is 4.64. The van der Waals surface area contributed by atoms with Gasteiger partial charge < -0.3 is 10.1 Å². The monoisotopic (exact) mass is 248 g/mol. The van der Waals surface area contributed by atoms with E-state index in [1.165, 1.54) is 5.56 Å². The average molecular weight is 248 g/mol. The number of benzene rings is 1. The van der Waals surface area contributed by atoms with E-state index in [2.05, 4.69) is 16.3 Å². The predicted octanol–water partition coefficient (Wildman–Crippen LogP) is 1.23. The van der Waals surface area contributed by atoms with Crippen LogP contribution < -0.4 is 10.1 Å². The van der Waals surface area contributed by atoms with Crippen molar-refractivity contribution in [3.8, 4) is 5.75 Å². The van der Waals surface area contributed by atoms with Crippen molar-refractivity contribution in [3.63, 3.8) is 0 Å². The molecule has 4 nitrogen and oxygen atoms in total. The number of para-hydroxylation sites is 1. The molecule has 0 spiro atoms. The Labute approximate surface area is 108 Å². The Balaban J connectivity index is 2.02. The van der Waals surface area contributed by atoms with Gasteiger partial charge in [0, 0.05) is 19.5 Å². The molecule has 0 radical (unpaired) electrons. The predicted molar refractivity (Wildman–Crippen MR) is 70.9 cm³/mol. The van der Waals surface area contributed by atoms with Gasteiger partial charge in [0.25, 0.3) is 0 Å². The van der Waals surface area contributed by atoms with E-state index in [4.69, 9.17) is 4.74 Å². The lowest BCUT2D eigenvalue weighted by atomic mass is 9.97. The summed E-state index contributed by atoms with van der Waals surface area (Å²) in [5.74, 6) is 1.49. The highest BCUT2D eigenvalue weighted by atomic mass is 16.5. The second kappa shape index (κ2) is 5.87. The Bertz CT molecular complexity index is 420. The minimum atomic E-state index is 0.0793. The summed E-state index contributed by atoms with van der Waals surface area (Å²) in [7, 11) is 3.38. The summed E-state index contributed by atoms with van der Waals surface area (Å²) < 4.78 is 5.40. The smallest absolute Gasteiger partial charge is 0.233 e. The molecule has 1 aliphatic heterocycles. The van der Waals surface area contributed by atoms with Crippen molar-refractivity contribution in [1.29, 1.82) is 0 Å². The van der Waals surface area contributed by atoms with Crippen LogP contribution in [0.5, 0.6) is 5.75 Å². The van der Waals surface area contributed by atoms with Crippen LogP contribution in [-0.2, 0) is 4.79 Å². The van der Waals surface area contributed by atoms with Crippen molar-refractivity contribution in [1.82, 2.24) is 10.2 Å². The topological polar surface area (TPSA) is 41.6 Å². The van der Waals surface area contributed by atoms with Gasteiger partial charge in [-0.1, -0.05) is 18.2 Å². The highest BCUT2D eigenvalue weighted by Gasteiger charge is 2.26. The number of likely N-dealkylation sites (N-methyl/N-ethyl adjacent to an activating group) is 1. The molecule has 1 aromatic rings. The fourth-order valence-electron chi connectivity index (χ4n) is 2.52. The number of ether oxygens (including phenoxy) is 1. The normalized spacial score (nSPS) is 19.8. The number of likely N-dealkylation sites (tertiary alicyclic amines) is 1. The molecule has 1 heterocycles. The third kappa shape index (κ3) is 2.82. The zero-order valence-electron chi connectivity index (χ0n) is 11.0. The molecule has 4 heteroatoms. The summed E-state index contributed by atoms with van der Waals surface area (Å²) in [5.41, 5.74) is 1.25. The number of hydrogen-bond donors (Lipinski definition) is 1. The van der Waals surface area contributed by atoms with Crippen LogP contribution in [-0.4, -0.2) is 44.6 Å². The zero-order chi connectivity index (χ0) is 13.0.